The Balaban J connectivity index is 2.31. The van der Waals surface area contributed by atoms with Crippen LogP contribution in [0.15, 0.2) is 36.5 Å². The normalized spacial score (nSPS) is 12.4. The summed E-state index contributed by atoms with van der Waals surface area (Å²) in [6.45, 7) is 5.16. The minimum absolute atomic E-state index is 0.114. The average Bonchev–Trinajstić information content (AvgIpc) is 2.47. The van der Waals surface area contributed by atoms with Crippen molar-refractivity contribution in [2.75, 3.05) is 6.54 Å². The number of benzene rings is 1. The van der Waals surface area contributed by atoms with Crippen molar-refractivity contribution in [3.8, 4) is 0 Å². The first-order valence-electron chi connectivity index (χ1n) is 7.21. The number of nitrogens with zero attached hydrogens (tertiary/aromatic N) is 1. The van der Waals surface area contributed by atoms with Gasteiger partial charge in [-0.15, -0.1) is 0 Å². The van der Waals surface area contributed by atoms with E-state index in [2.05, 4.69) is 30.2 Å². The Bertz CT molecular complexity index is 579. The second-order valence-electron chi connectivity index (χ2n) is 5.12. The molecule has 1 atom stereocenters. The number of hydrogen-bond acceptors (Lipinski definition) is 2. The van der Waals surface area contributed by atoms with Crippen LogP contribution in [0.3, 0.4) is 0 Å². The van der Waals surface area contributed by atoms with Crippen molar-refractivity contribution in [3.63, 3.8) is 0 Å². The van der Waals surface area contributed by atoms with Crippen molar-refractivity contribution >= 4 is 23.2 Å². The van der Waals surface area contributed by atoms with Crippen LogP contribution in [0, 0.1) is 6.92 Å². The third kappa shape index (κ3) is 4.19. The molecular weight excluding hydrogens is 303 g/mol. The molecule has 1 unspecified atom stereocenters. The molecule has 2 rings (SSSR count). The van der Waals surface area contributed by atoms with E-state index in [1.54, 1.807) is 0 Å². The fourth-order valence-corrected chi connectivity index (χ4v) is 2.93. The third-order valence-corrected chi connectivity index (χ3v) is 4.20. The third-order valence-electron chi connectivity index (χ3n) is 3.49. The number of hydrogen-bond donors (Lipinski definition) is 1. The van der Waals surface area contributed by atoms with Crippen molar-refractivity contribution in [1.82, 2.24) is 10.3 Å². The second-order valence-corrected chi connectivity index (χ2v) is 5.93. The summed E-state index contributed by atoms with van der Waals surface area (Å²) in [4.78, 5) is 4.54. The Morgan fingerprint density at radius 1 is 1.14 bits per heavy atom. The average molecular weight is 323 g/mol. The van der Waals surface area contributed by atoms with E-state index in [0.717, 1.165) is 30.6 Å². The van der Waals surface area contributed by atoms with E-state index in [1.165, 1.54) is 5.56 Å². The number of aromatic nitrogens is 1. The number of aryl methyl sites for hydroxylation is 1. The van der Waals surface area contributed by atoms with Crippen molar-refractivity contribution in [2.24, 2.45) is 0 Å². The van der Waals surface area contributed by atoms with Crippen LogP contribution in [0.4, 0.5) is 0 Å². The Morgan fingerprint density at radius 3 is 2.48 bits per heavy atom. The van der Waals surface area contributed by atoms with Crippen LogP contribution in [0.5, 0.6) is 0 Å². The topological polar surface area (TPSA) is 24.9 Å². The molecule has 1 aromatic carbocycles. The highest BCUT2D eigenvalue weighted by atomic mass is 35.5. The van der Waals surface area contributed by atoms with Crippen molar-refractivity contribution in [3.05, 3.63) is 63.4 Å². The summed E-state index contributed by atoms with van der Waals surface area (Å²) < 4.78 is 0. The number of nitrogens with one attached hydrogen (secondary N) is 1. The zero-order valence-electron chi connectivity index (χ0n) is 12.4. The molecule has 0 bridgehead atoms. The number of pyridine rings is 1. The van der Waals surface area contributed by atoms with Gasteiger partial charge in [0.15, 0.2) is 0 Å². The summed E-state index contributed by atoms with van der Waals surface area (Å²) in [5, 5.41) is 4.97. The van der Waals surface area contributed by atoms with Gasteiger partial charge in [-0.05, 0) is 55.6 Å². The molecule has 0 aliphatic carbocycles. The zero-order chi connectivity index (χ0) is 15.2. The lowest BCUT2D eigenvalue weighted by Gasteiger charge is -2.21. The van der Waals surface area contributed by atoms with Crippen LogP contribution in [-0.4, -0.2) is 11.5 Å². The molecule has 112 valence electrons. The lowest BCUT2D eigenvalue weighted by Crippen LogP contribution is -2.26. The molecule has 2 aromatic rings. The Morgan fingerprint density at radius 2 is 1.86 bits per heavy atom. The first-order chi connectivity index (χ1) is 10.1. The Hall–Kier alpha value is -1.09. The summed E-state index contributed by atoms with van der Waals surface area (Å²) in [6, 6.07) is 9.78. The van der Waals surface area contributed by atoms with E-state index in [0.29, 0.717) is 10.0 Å². The zero-order valence-corrected chi connectivity index (χ0v) is 13.9. The van der Waals surface area contributed by atoms with E-state index >= 15 is 0 Å². The molecule has 1 heterocycles. The van der Waals surface area contributed by atoms with E-state index in [9.17, 15) is 0 Å². The largest absolute Gasteiger partial charge is 0.308 e. The van der Waals surface area contributed by atoms with Crippen LogP contribution in [0.1, 0.15) is 36.2 Å². The molecule has 0 spiro atoms. The smallest absolute Gasteiger partial charge is 0.0605 e. The molecule has 4 heteroatoms. The summed E-state index contributed by atoms with van der Waals surface area (Å²) >= 11 is 12.6. The van der Waals surface area contributed by atoms with Gasteiger partial charge in [0.25, 0.3) is 0 Å². The molecular formula is C17H20Cl2N2. The SMILES string of the molecule is CCCNC(Cc1c(Cl)cccc1Cl)c1ncccc1C. The molecule has 1 N–H and O–H groups in total. The van der Waals surface area contributed by atoms with Crippen LogP contribution >= 0.6 is 23.2 Å². The maximum absolute atomic E-state index is 6.30. The van der Waals surface area contributed by atoms with Gasteiger partial charge in [0.2, 0.25) is 0 Å². The van der Waals surface area contributed by atoms with Crippen molar-refractivity contribution < 1.29 is 0 Å². The highest BCUT2D eigenvalue weighted by Gasteiger charge is 2.18. The van der Waals surface area contributed by atoms with E-state index < -0.39 is 0 Å². The van der Waals surface area contributed by atoms with Gasteiger partial charge in [0, 0.05) is 16.2 Å². The minimum Gasteiger partial charge on any atom is -0.308 e. The lowest BCUT2D eigenvalue weighted by molar-refractivity contribution is 0.515. The highest BCUT2D eigenvalue weighted by molar-refractivity contribution is 6.36. The van der Waals surface area contributed by atoms with Crippen LogP contribution in [-0.2, 0) is 6.42 Å². The maximum atomic E-state index is 6.30. The first kappa shape index (κ1) is 16.3. The first-order valence-corrected chi connectivity index (χ1v) is 7.96. The summed E-state index contributed by atoms with van der Waals surface area (Å²) in [7, 11) is 0. The molecule has 21 heavy (non-hydrogen) atoms. The van der Waals surface area contributed by atoms with E-state index in [-0.39, 0.29) is 6.04 Å². The number of halogens is 2. The molecule has 0 radical (unpaired) electrons. The van der Waals surface area contributed by atoms with Gasteiger partial charge < -0.3 is 5.32 Å². The number of rotatable bonds is 6. The van der Waals surface area contributed by atoms with Gasteiger partial charge in [-0.3, -0.25) is 4.98 Å². The van der Waals surface area contributed by atoms with Gasteiger partial charge in [0.05, 0.1) is 11.7 Å². The monoisotopic (exact) mass is 322 g/mol. The molecule has 0 saturated heterocycles. The van der Waals surface area contributed by atoms with Crippen molar-refractivity contribution in [2.45, 2.75) is 32.7 Å². The van der Waals surface area contributed by atoms with Crippen molar-refractivity contribution in [1.29, 1.82) is 0 Å². The van der Waals surface area contributed by atoms with Gasteiger partial charge in [-0.1, -0.05) is 42.3 Å². The quantitative estimate of drug-likeness (QED) is 0.811. The Labute approximate surface area is 136 Å². The fraction of sp³-hybridized carbons (Fsp3) is 0.353. The maximum Gasteiger partial charge on any atom is 0.0605 e. The molecule has 0 fully saturated rings. The minimum atomic E-state index is 0.114. The predicted molar refractivity (Wildman–Crippen MR) is 90.2 cm³/mol. The summed E-state index contributed by atoms with van der Waals surface area (Å²) in [6.07, 6.45) is 3.63. The molecule has 2 nitrogen and oxygen atoms in total. The highest BCUT2D eigenvalue weighted by Crippen LogP contribution is 2.29. The summed E-state index contributed by atoms with van der Waals surface area (Å²) in [5.74, 6) is 0. The van der Waals surface area contributed by atoms with Gasteiger partial charge in [-0.2, -0.15) is 0 Å². The second kappa shape index (κ2) is 7.79. The van der Waals surface area contributed by atoms with Gasteiger partial charge >= 0.3 is 0 Å². The van der Waals surface area contributed by atoms with Crippen LogP contribution < -0.4 is 5.32 Å². The molecule has 1 aromatic heterocycles. The Kier molecular flexibility index (Phi) is 6.04. The van der Waals surface area contributed by atoms with Gasteiger partial charge in [-0.25, -0.2) is 0 Å². The fourth-order valence-electron chi connectivity index (χ4n) is 2.38. The molecule has 0 amide bonds. The molecule has 0 aliphatic heterocycles. The standard InChI is InChI=1S/C17H20Cl2N2/c1-3-9-20-16(17-12(2)6-5-10-21-17)11-13-14(18)7-4-8-15(13)19/h4-8,10,16,20H,3,9,11H2,1-2H3. The molecule has 0 aliphatic rings. The molecule has 0 saturated carbocycles. The summed E-state index contributed by atoms with van der Waals surface area (Å²) in [5.41, 5.74) is 3.20. The predicted octanol–water partition coefficient (Wildman–Crippen LogP) is 4.98. The lowest BCUT2D eigenvalue weighted by atomic mass is 9.99. The van der Waals surface area contributed by atoms with Gasteiger partial charge in [0.1, 0.15) is 0 Å². The van der Waals surface area contributed by atoms with E-state index in [4.69, 9.17) is 23.2 Å². The van der Waals surface area contributed by atoms with E-state index in [1.807, 2.05) is 30.5 Å². The van der Waals surface area contributed by atoms with Crippen LogP contribution in [0.2, 0.25) is 10.0 Å². The van der Waals surface area contributed by atoms with Crippen LogP contribution in [0.25, 0.3) is 0 Å².